The van der Waals surface area contributed by atoms with E-state index in [1.807, 2.05) is 20.8 Å². The van der Waals surface area contributed by atoms with E-state index in [9.17, 15) is 4.79 Å². The molecule has 1 aliphatic heterocycles. The van der Waals surface area contributed by atoms with Crippen molar-refractivity contribution in [2.24, 2.45) is 11.7 Å². The fourth-order valence-electron chi connectivity index (χ4n) is 1.98. The Morgan fingerprint density at radius 3 is 2.75 bits per heavy atom. The lowest BCUT2D eigenvalue weighted by atomic mass is 9.97. The van der Waals surface area contributed by atoms with Crippen molar-refractivity contribution in [3.63, 3.8) is 0 Å². The second-order valence-corrected chi connectivity index (χ2v) is 5.50. The molecule has 0 amide bonds. The fourth-order valence-corrected chi connectivity index (χ4v) is 1.98. The SMILES string of the molecule is CC(C)(C)OC(=O)C1CCCNC(CN)C1. The Balaban J connectivity index is 2.53. The summed E-state index contributed by atoms with van der Waals surface area (Å²) in [5.41, 5.74) is 5.25. The molecule has 0 radical (unpaired) electrons. The number of rotatable bonds is 2. The van der Waals surface area contributed by atoms with E-state index in [0.29, 0.717) is 6.54 Å². The molecule has 0 aliphatic carbocycles. The number of carbonyl (C=O) groups is 1. The molecule has 94 valence electrons. The van der Waals surface area contributed by atoms with E-state index >= 15 is 0 Å². The van der Waals surface area contributed by atoms with Crippen molar-refractivity contribution in [1.82, 2.24) is 5.32 Å². The molecule has 1 saturated heterocycles. The second kappa shape index (κ2) is 5.64. The summed E-state index contributed by atoms with van der Waals surface area (Å²) in [7, 11) is 0. The first-order valence-corrected chi connectivity index (χ1v) is 6.08. The normalized spacial score (nSPS) is 27.2. The topological polar surface area (TPSA) is 64.3 Å². The van der Waals surface area contributed by atoms with Gasteiger partial charge >= 0.3 is 5.97 Å². The van der Waals surface area contributed by atoms with Crippen molar-refractivity contribution in [1.29, 1.82) is 0 Å². The van der Waals surface area contributed by atoms with Crippen LogP contribution in [-0.4, -0.2) is 30.7 Å². The molecule has 0 aromatic heterocycles. The summed E-state index contributed by atoms with van der Waals surface area (Å²) >= 11 is 0. The fraction of sp³-hybridized carbons (Fsp3) is 0.917. The number of esters is 1. The highest BCUT2D eigenvalue weighted by Crippen LogP contribution is 2.21. The van der Waals surface area contributed by atoms with Crippen LogP contribution in [0.1, 0.15) is 40.0 Å². The van der Waals surface area contributed by atoms with Crippen LogP contribution in [0.15, 0.2) is 0 Å². The Hall–Kier alpha value is -0.610. The molecule has 0 bridgehead atoms. The van der Waals surface area contributed by atoms with Gasteiger partial charge in [0.05, 0.1) is 5.92 Å². The maximum Gasteiger partial charge on any atom is 0.309 e. The average Bonchev–Trinajstić information content (AvgIpc) is 2.39. The van der Waals surface area contributed by atoms with Gasteiger partial charge in [0.2, 0.25) is 0 Å². The van der Waals surface area contributed by atoms with E-state index in [-0.39, 0.29) is 17.9 Å². The average molecular weight is 228 g/mol. The van der Waals surface area contributed by atoms with Gasteiger partial charge < -0.3 is 15.8 Å². The van der Waals surface area contributed by atoms with Gasteiger partial charge in [-0.05, 0) is 46.6 Å². The number of carbonyl (C=O) groups excluding carboxylic acids is 1. The number of nitrogens with two attached hydrogens (primary N) is 1. The van der Waals surface area contributed by atoms with Crippen molar-refractivity contribution in [3.05, 3.63) is 0 Å². The van der Waals surface area contributed by atoms with Gasteiger partial charge in [0.1, 0.15) is 5.60 Å². The molecule has 2 atom stereocenters. The van der Waals surface area contributed by atoms with E-state index in [1.165, 1.54) is 0 Å². The monoisotopic (exact) mass is 228 g/mol. The Bertz CT molecular complexity index is 236. The molecular weight excluding hydrogens is 204 g/mol. The predicted molar refractivity (Wildman–Crippen MR) is 64.0 cm³/mol. The molecule has 1 rings (SSSR count). The summed E-state index contributed by atoms with van der Waals surface area (Å²) in [6, 6.07) is 0.250. The van der Waals surface area contributed by atoms with Gasteiger partial charge in [0, 0.05) is 12.6 Å². The Labute approximate surface area is 97.9 Å². The minimum Gasteiger partial charge on any atom is -0.460 e. The summed E-state index contributed by atoms with van der Waals surface area (Å²) < 4.78 is 5.42. The summed E-state index contributed by atoms with van der Waals surface area (Å²) in [5.74, 6) is -0.0718. The minimum absolute atomic E-state index is 0.00257. The van der Waals surface area contributed by atoms with Crippen LogP contribution >= 0.6 is 0 Å². The Morgan fingerprint density at radius 1 is 1.50 bits per heavy atom. The minimum atomic E-state index is -0.394. The summed E-state index contributed by atoms with van der Waals surface area (Å²) in [5, 5.41) is 3.35. The zero-order chi connectivity index (χ0) is 12.2. The molecule has 1 fully saturated rings. The van der Waals surface area contributed by atoms with E-state index in [4.69, 9.17) is 10.5 Å². The lowest BCUT2D eigenvalue weighted by Gasteiger charge is -2.24. The van der Waals surface area contributed by atoms with E-state index < -0.39 is 5.60 Å². The first kappa shape index (κ1) is 13.5. The van der Waals surface area contributed by atoms with Gasteiger partial charge in [-0.1, -0.05) is 0 Å². The third-order valence-corrected chi connectivity index (χ3v) is 2.76. The Kier molecular flexibility index (Phi) is 4.74. The maximum atomic E-state index is 11.9. The molecule has 0 saturated carbocycles. The molecule has 16 heavy (non-hydrogen) atoms. The van der Waals surface area contributed by atoms with Crippen molar-refractivity contribution in [3.8, 4) is 0 Å². The van der Waals surface area contributed by atoms with Gasteiger partial charge in [-0.25, -0.2) is 0 Å². The first-order chi connectivity index (χ1) is 7.42. The molecule has 4 nitrogen and oxygen atoms in total. The van der Waals surface area contributed by atoms with Crippen LogP contribution in [0.25, 0.3) is 0 Å². The molecular formula is C12H24N2O2. The molecule has 2 unspecified atom stereocenters. The number of hydrogen-bond donors (Lipinski definition) is 2. The zero-order valence-corrected chi connectivity index (χ0v) is 10.6. The quantitative estimate of drug-likeness (QED) is 0.693. The van der Waals surface area contributed by atoms with Gasteiger partial charge in [-0.15, -0.1) is 0 Å². The van der Waals surface area contributed by atoms with E-state index in [1.54, 1.807) is 0 Å². The highest BCUT2D eigenvalue weighted by Gasteiger charge is 2.28. The number of hydrogen-bond acceptors (Lipinski definition) is 4. The van der Waals surface area contributed by atoms with Crippen molar-refractivity contribution < 1.29 is 9.53 Å². The van der Waals surface area contributed by atoms with Crippen LogP contribution in [0.4, 0.5) is 0 Å². The van der Waals surface area contributed by atoms with Crippen molar-refractivity contribution >= 4 is 5.97 Å². The molecule has 0 aromatic carbocycles. The van der Waals surface area contributed by atoms with Gasteiger partial charge in [-0.2, -0.15) is 0 Å². The molecule has 0 aromatic rings. The number of nitrogens with one attached hydrogen (secondary N) is 1. The first-order valence-electron chi connectivity index (χ1n) is 6.08. The van der Waals surface area contributed by atoms with Crippen LogP contribution in [-0.2, 0) is 9.53 Å². The highest BCUT2D eigenvalue weighted by atomic mass is 16.6. The smallest absolute Gasteiger partial charge is 0.309 e. The zero-order valence-electron chi connectivity index (χ0n) is 10.6. The standard InChI is InChI=1S/C12H24N2O2/c1-12(2,3)16-11(15)9-5-4-6-14-10(7-9)8-13/h9-10,14H,4-8,13H2,1-3H3. The Morgan fingerprint density at radius 2 is 2.19 bits per heavy atom. The summed E-state index contributed by atoms with van der Waals surface area (Å²) in [6.45, 7) is 7.24. The molecule has 3 N–H and O–H groups in total. The van der Waals surface area contributed by atoms with E-state index in [2.05, 4.69) is 5.32 Å². The third kappa shape index (κ3) is 4.49. The molecule has 1 aliphatic rings. The van der Waals surface area contributed by atoms with Crippen LogP contribution in [0, 0.1) is 5.92 Å². The van der Waals surface area contributed by atoms with Gasteiger partial charge in [-0.3, -0.25) is 4.79 Å². The summed E-state index contributed by atoms with van der Waals surface area (Å²) in [6.07, 6.45) is 2.71. The van der Waals surface area contributed by atoms with Crippen molar-refractivity contribution in [2.75, 3.05) is 13.1 Å². The lowest BCUT2D eigenvalue weighted by molar-refractivity contribution is -0.160. The second-order valence-electron chi connectivity index (χ2n) is 5.50. The van der Waals surface area contributed by atoms with Crippen LogP contribution in [0.3, 0.4) is 0 Å². The maximum absolute atomic E-state index is 11.9. The van der Waals surface area contributed by atoms with Gasteiger partial charge in [0.15, 0.2) is 0 Å². The van der Waals surface area contributed by atoms with Gasteiger partial charge in [0.25, 0.3) is 0 Å². The van der Waals surface area contributed by atoms with Crippen LogP contribution in [0.2, 0.25) is 0 Å². The summed E-state index contributed by atoms with van der Waals surface area (Å²) in [4.78, 5) is 11.9. The van der Waals surface area contributed by atoms with Crippen LogP contribution in [0.5, 0.6) is 0 Å². The number of ether oxygens (including phenoxy) is 1. The molecule has 0 spiro atoms. The predicted octanol–water partition coefficient (Wildman–Crippen LogP) is 1.05. The third-order valence-electron chi connectivity index (χ3n) is 2.76. The molecule has 1 heterocycles. The lowest BCUT2D eigenvalue weighted by Crippen LogP contribution is -2.38. The van der Waals surface area contributed by atoms with Crippen LogP contribution < -0.4 is 11.1 Å². The largest absolute Gasteiger partial charge is 0.460 e. The highest BCUT2D eigenvalue weighted by molar-refractivity contribution is 5.73. The van der Waals surface area contributed by atoms with Crippen molar-refractivity contribution in [2.45, 2.75) is 51.7 Å². The van der Waals surface area contributed by atoms with E-state index in [0.717, 1.165) is 25.8 Å². The molecule has 4 heteroatoms.